The van der Waals surface area contributed by atoms with Crippen molar-refractivity contribution in [1.82, 2.24) is 20.2 Å². The molecule has 4 heterocycles. The molecule has 3 atom stereocenters. The second-order valence-corrected chi connectivity index (χ2v) is 16.3. The van der Waals surface area contributed by atoms with E-state index in [2.05, 4.69) is 15.3 Å². The van der Waals surface area contributed by atoms with E-state index < -0.39 is 41.9 Å². The van der Waals surface area contributed by atoms with Crippen molar-refractivity contribution < 1.29 is 46.9 Å². The van der Waals surface area contributed by atoms with Gasteiger partial charge in [0.2, 0.25) is 11.8 Å². The molecule has 2 amide bonds. The number of carbonyl (C=O) groups is 3. The number of fused-ring (bicyclic) bond motifs is 2. The number of aromatic nitrogens is 2. The Morgan fingerprint density at radius 1 is 0.967 bits per heavy atom. The number of nitrogens with one attached hydrogen (secondary N) is 1. The first-order chi connectivity index (χ1) is 29.2. The Kier molecular flexibility index (Phi) is 11.5. The summed E-state index contributed by atoms with van der Waals surface area (Å²) in [6, 6.07) is 18.2. The molecule has 1 aliphatic carbocycles. The van der Waals surface area contributed by atoms with Crippen LogP contribution in [-0.2, 0) is 29.0 Å². The van der Waals surface area contributed by atoms with E-state index in [-0.39, 0.29) is 50.4 Å². The number of halogens is 2. The first kappa shape index (κ1) is 41.4. The predicted molar refractivity (Wildman–Crippen MR) is 220 cm³/mol. The van der Waals surface area contributed by atoms with Crippen LogP contribution in [0.3, 0.4) is 0 Å². The molecule has 3 aliphatic rings. The number of pyridine rings is 1. The number of hydrogen-bond donors (Lipinski definition) is 2. The van der Waals surface area contributed by atoms with Crippen LogP contribution in [0.2, 0.25) is 0 Å². The van der Waals surface area contributed by atoms with E-state index in [1.165, 1.54) is 4.90 Å². The number of carboxylic acids is 1. The SMILES string of the molecule is Cc1nc(C(=O)N2Cc3cc4c(cc3C[C@H]2C(=O)N[C@@H](Cc2ccc(-c3ccnc(C)c3C)cc2)C(=O)O)OC[C@H](c2ccc(OCC3CCC(F)(F)CC3)cc2)O4)c(C)o1. The van der Waals surface area contributed by atoms with Gasteiger partial charge < -0.3 is 34.0 Å². The van der Waals surface area contributed by atoms with Crippen molar-refractivity contribution in [1.29, 1.82) is 0 Å². The Labute approximate surface area is 352 Å². The van der Waals surface area contributed by atoms with E-state index in [0.29, 0.717) is 53.9 Å². The minimum atomic E-state index is -2.58. The maximum atomic E-state index is 14.2. The van der Waals surface area contributed by atoms with Crippen molar-refractivity contribution in [2.24, 2.45) is 5.92 Å². The van der Waals surface area contributed by atoms with Crippen molar-refractivity contribution in [2.45, 2.75) is 96.9 Å². The second kappa shape index (κ2) is 17.0. The summed E-state index contributed by atoms with van der Waals surface area (Å²) in [5.41, 5.74) is 7.10. The number of carboxylic acid groups (broad SMARTS) is 1. The highest BCUT2D eigenvalue weighted by Crippen LogP contribution is 2.42. The highest BCUT2D eigenvalue weighted by molar-refractivity contribution is 5.98. The highest BCUT2D eigenvalue weighted by Gasteiger charge is 2.40. The lowest BCUT2D eigenvalue weighted by molar-refractivity contribution is -0.142. The summed E-state index contributed by atoms with van der Waals surface area (Å²) in [4.78, 5) is 51.1. The van der Waals surface area contributed by atoms with Crippen LogP contribution < -0.4 is 19.5 Å². The van der Waals surface area contributed by atoms with Gasteiger partial charge in [0.1, 0.15) is 30.2 Å². The summed E-state index contributed by atoms with van der Waals surface area (Å²) in [5.74, 6) is -2.63. The van der Waals surface area contributed by atoms with E-state index in [1.54, 1.807) is 20.0 Å². The van der Waals surface area contributed by atoms with Gasteiger partial charge in [-0.3, -0.25) is 14.6 Å². The van der Waals surface area contributed by atoms with E-state index >= 15 is 0 Å². The van der Waals surface area contributed by atoms with Crippen LogP contribution in [0.1, 0.15) is 87.4 Å². The fourth-order valence-corrected chi connectivity index (χ4v) is 8.36. The number of ether oxygens (including phenoxy) is 3. The number of aryl methyl sites for hydroxylation is 3. The zero-order chi connectivity index (χ0) is 43.0. The van der Waals surface area contributed by atoms with Crippen LogP contribution in [0, 0.1) is 33.6 Å². The number of amides is 2. The summed E-state index contributed by atoms with van der Waals surface area (Å²) in [7, 11) is 0. The lowest BCUT2D eigenvalue weighted by atomic mass is 9.87. The van der Waals surface area contributed by atoms with Gasteiger partial charge in [-0.15, -0.1) is 0 Å². The number of carbonyl (C=O) groups excluding carboxylic acids is 2. The third-order valence-electron chi connectivity index (χ3n) is 12.1. The molecule has 2 N–H and O–H groups in total. The van der Waals surface area contributed by atoms with Gasteiger partial charge in [-0.2, -0.15) is 0 Å². The fourth-order valence-electron chi connectivity index (χ4n) is 8.36. The maximum Gasteiger partial charge on any atom is 0.326 e. The Morgan fingerprint density at radius 2 is 1.69 bits per heavy atom. The number of hydrogen-bond acceptors (Lipinski definition) is 9. The minimum Gasteiger partial charge on any atom is -0.493 e. The largest absolute Gasteiger partial charge is 0.493 e. The molecular formula is C47H48F2N4O8. The molecule has 8 rings (SSSR count). The van der Waals surface area contributed by atoms with Crippen molar-refractivity contribution in [2.75, 3.05) is 13.2 Å². The normalized spacial score (nSPS) is 18.8. The molecule has 14 heteroatoms. The first-order valence-electron chi connectivity index (χ1n) is 20.6. The van der Waals surface area contributed by atoms with Crippen LogP contribution in [0.4, 0.5) is 8.78 Å². The molecule has 5 aromatic rings. The van der Waals surface area contributed by atoms with Crippen molar-refractivity contribution >= 4 is 17.8 Å². The molecule has 0 spiro atoms. The van der Waals surface area contributed by atoms with Crippen LogP contribution in [0.5, 0.6) is 17.2 Å². The molecule has 2 aromatic heterocycles. The van der Waals surface area contributed by atoms with E-state index in [9.17, 15) is 28.3 Å². The third kappa shape index (κ3) is 9.08. The second-order valence-electron chi connectivity index (χ2n) is 16.3. The van der Waals surface area contributed by atoms with Crippen LogP contribution in [0.25, 0.3) is 11.1 Å². The number of oxazole rings is 1. The zero-order valence-electron chi connectivity index (χ0n) is 34.5. The molecule has 0 radical (unpaired) electrons. The first-order valence-corrected chi connectivity index (χ1v) is 20.6. The number of nitrogens with zero attached hydrogens (tertiary/aromatic N) is 3. The minimum absolute atomic E-state index is 0.0106. The van der Waals surface area contributed by atoms with Crippen molar-refractivity contribution in [3.05, 3.63) is 124 Å². The van der Waals surface area contributed by atoms with Gasteiger partial charge in [0, 0.05) is 51.0 Å². The van der Waals surface area contributed by atoms with Gasteiger partial charge in [0.15, 0.2) is 29.2 Å². The topological polar surface area (TPSA) is 153 Å². The summed E-state index contributed by atoms with van der Waals surface area (Å²) < 4.78 is 51.3. The van der Waals surface area contributed by atoms with Crippen LogP contribution in [-0.4, -0.2) is 69.0 Å². The molecule has 0 saturated heterocycles. The highest BCUT2D eigenvalue weighted by atomic mass is 19.3. The Morgan fingerprint density at radius 3 is 2.38 bits per heavy atom. The van der Waals surface area contributed by atoms with Gasteiger partial charge in [-0.25, -0.2) is 18.6 Å². The zero-order valence-corrected chi connectivity index (χ0v) is 34.5. The molecular weight excluding hydrogens is 787 g/mol. The summed E-state index contributed by atoms with van der Waals surface area (Å²) in [5, 5.41) is 13.0. The smallest absolute Gasteiger partial charge is 0.326 e. The lowest BCUT2D eigenvalue weighted by Crippen LogP contribution is -2.56. The standard InChI is InChI=1S/C47H48F2N4O8/c1-26-27(2)50-18-15-37(26)32-7-5-30(6-8-32)19-38(46(56)57)52-44(54)39-20-34-21-40-41(22-35(34)23-53(39)45(55)43-28(3)60-29(4)51-43)61-42(25-59-40)33-9-11-36(12-10-33)58-24-31-13-16-47(48,49)17-14-31/h5-12,15,18,21-22,31,38-39,42H,13-14,16-17,19-20,23-25H2,1-4H3,(H,52,54)(H,56,57)/t38-,39-,42+/m0/s1. The summed E-state index contributed by atoms with van der Waals surface area (Å²) >= 11 is 0. The average Bonchev–Trinajstić information content (AvgIpc) is 3.59. The number of rotatable bonds is 11. The Balaban J connectivity index is 0.978. The molecule has 1 saturated carbocycles. The van der Waals surface area contributed by atoms with Gasteiger partial charge >= 0.3 is 5.97 Å². The molecule has 318 valence electrons. The third-order valence-corrected chi connectivity index (χ3v) is 12.1. The van der Waals surface area contributed by atoms with E-state index in [0.717, 1.165) is 39.1 Å². The van der Waals surface area contributed by atoms with Crippen LogP contribution >= 0.6 is 0 Å². The number of aliphatic carboxylic acids is 1. The molecule has 0 unspecified atom stereocenters. The van der Waals surface area contributed by atoms with Crippen LogP contribution in [0.15, 0.2) is 77.3 Å². The van der Waals surface area contributed by atoms with E-state index in [4.69, 9.17) is 18.6 Å². The Hall–Kier alpha value is -6.31. The maximum absolute atomic E-state index is 14.2. The fraction of sp³-hybridized carbons (Fsp3) is 0.383. The van der Waals surface area contributed by atoms with Gasteiger partial charge in [0.25, 0.3) is 5.91 Å². The summed E-state index contributed by atoms with van der Waals surface area (Å²) in [6.07, 6.45) is 2.08. The predicted octanol–water partition coefficient (Wildman–Crippen LogP) is 8.07. The molecule has 12 nitrogen and oxygen atoms in total. The summed E-state index contributed by atoms with van der Waals surface area (Å²) in [6.45, 7) is 7.82. The molecule has 1 fully saturated rings. The monoisotopic (exact) mass is 834 g/mol. The number of benzene rings is 3. The average molecular weight is 835 g/mol. The van der Waals surface area contributed by atoms with Crippen molar-refractivity contribution in [3.8, 4) is 28.4 Å². The number of alkyl halides is 2. The molecule has 61 heavy (non-hydrogen) atoms. The Bertz CT molecular complexity index is 2440. The molecule has 2 aliphatic heterocycles. The van der Waals surface area contributed by atoms with Gasteiger partial charge in [0.05, 0.1) is 6.61 Å². The van der Waals surface area contributed by atoms with Crippen molar-refractivity contribution in [3.63, 3.8) is 0 Å². The quantitative estimate of drug-likeness (QED) is 0.134. The molecule has 0 bridgehead atoms. The van der Waals surface area contributed by atoms with E-state index in [1.807, 2.05) is 80.6 Å². The van der Waals surface area contributed by atoms with Gasteiger partial charge in [-0.05, 0) is 109 Å². The van der Waals surface area contributed by atoms with Gasteiger partial charge in [-0.1, -0.05) is 36.4 Å². The molecule has 3 aromatic carbocycles. The lowest BCUT2D eigenvalue weighted by Gasteiger charge is -2.37.